The molecule has 0 bridgehead atoms. The van der Waals surface area contributed by atoms with E-state index in [0.29, 0.717) is 47.3 Å². The Labute approximate surface area is 240 Å². The van der Waals surface area contributed by atoms with Crippen LogP contribution in [-0.2, 0) is 11.3 Å². The Balaban J connectivity index is 1.67. The number of nitrogens with one attached hydrogen (secondary N) is 3. The van der Waals surface area contributed by atoms with Crippen molar-refractivity contribution in [3.63, 3.8) is 0 Å². The van der Waals surface area contributed by atoms with Gasteiger partial charge in [0.2, 0.25) is 0 Å². The summed E-state index contributed by atoms with van der Waals surface area (Å²) in [5.74, 6) is -0.340. The molecule has 4 amide bonds. The molecule has 0 aliphatic rings. The Morgan fingerprint density at radius 2 is 1.48 bits per heavy atom. The number of rotatable bonds is 9. The molecule has 10 heteroatoms. The van der Waals surface area contributed by atoms with Gasteiger partial charge in [0.1, 0.15) is 5.60 Å². The van der Waals surface area contributed by atoms with Crippen LogP contribution in [0.5, 0.6) is 0 Å². The molecule has 0 radical (unpaired) electrons. The van der Waals surface area contributed by atoms with Crippen LogP contribution in [0.15, 0.2) is 72.8 Å². The molecule has 0 saturated carbocycles. The molecular weight excluding hydrogens is 530 g/mol. The fourth-order valence-electron chi connectivity index (χ4n) is 3.63. The van der Waals surface area contributed by atoms with Crippen molar-refractivity contribution in [3.05, 3.63) is 88.9 Å². The minimum Gasteiger partial charge on any atom is -0.444 e. The lowest BCUT2D eigenvalue weighted by Gasteiger charge is -2.25. The van der Waals surface area contributed by atoms with Gasteiger partial charge in [-0.1, -0.05) is 41.9 Å². The van der Waals surface area contributed by atoms with E-state index in [0.717, 1.165) is 5.56 Å². The number of amides is 4. The molecule has 0 aliphatic carbocycles. The number of hydrogen-bond acceptors (Lipinski definition) is 5. The average Bonchev–Trinajstić information content (AvgIpc) is 2.86. The number of nitrogens with zero attached hydrogens (tertiary/aromatic N) is 2. The highest BCUT2D eigenvalue weighted by atomic mass is 35.5. The molecule has 0 saturated heterocycles. The van der Waals surface area contributed by atoms with Gasteiger partial charge >= 0.3 is 12.1 Å². The fourth-order valence-corrected chi connectivity index (χ4v) is 3.82. The first-order chi connectivity index (χ1) is 18.9. The number of urea groups is 1. The molecule has 3 aromatic rings. The first kappa shape index (κ1) is 30.5. The van der Waals surface area contributed by atoms with Crippen molar-refractivity contribution in [2.45, 2.75) is 32.9 Å². The van der Waals surface area contributed by atoms with Crippen molar-refractivity contribution in [1.29, 1.82) is 0 Å². The molecule has 0 unspecified atom stereocenters. The van der Waals surface area contributed by atoms with Gasteiger partial charge in [0, 0.05) is 35.9 Å². The van der Waals surface area contributed by atoms with Crippen LogP contribution in [-0.4, -0.2) is 60.6 Å². The van der Waals surface area contributed by atoms with Gasteiger partial charge in [-0.2, -0.15) is 0 Å². The van der Waals surface area contributed by atoms with Crippen LogP contribution in [0.3, 0.4) is 0 Å². The molecule has 40 heavy (non-hydrogen) atoms. The molecule has 3 rings (SSSR count). The highest BCUT2D eigenvalue weighted by Crippen LogP contribution is 2.23. The first-order valence-electron chi connectivity index (χ1n) is 12.8. The van der Waals surface area contributed by atoms with E-state index < -0.39 is 11.7 Å². The van der Waals surface area contributed by atoms with Gasteiger partial charge in [-0.3, -0.25) is 10.1 Å². The van der Waals surface area contributed by atoms with E-state index in [2.05, 4.69) is 16.0 Å². The van der Waals surface area contributed by atoms with E-state index >= 15 is 0 Å². The summed E-state index contributed by atoms with van der Waals surface area (Å²) < 4.78 is 5.31. The van der Waals surface area contributed by atoms with Crippen LogP contribution >= 0.6 is 11.6 Å². The number of benzene rings is 3. The van der Waals surface area contributed by atoms with Crippen molar-refractivity contribution in [2.75, 3.05) is 43.1 Å². The normalized spacial score (nSPS) is 11.1. The molecule has 3 N–H and O–H groups in total. The monoisotopic (exact) mass is 565 g/mol. The maximum atomic E-state index is 13.1. The minimum absolute atomic E-state index is 0.250. The number of para-hydroxylation sites is 2. The van der Waals surface area contributed by atoms with E-state index in [1.165, 1.54) is 0 Å². The summed E-state index contributed by atoms with van der Waals surface area (Å²) in [5.41, 5.74) is 2.12. The van der Waals surface area contributed by atoms with Gasteiger partial charge < -0.3 is 25.2 Å². The average molecular weight is 566 g/mol. The standard InChI is InChI=1S/C30H36ClN5O4/c1-30(2,3)40-29(39)34-26-12-7-6-11-25(26)33-27(37)22-15-13-21(14-16-22)20-36(18-17-35(4)5)28(38)32-24-10-8-9-23(31)19-24/h6-16,19H,17-18,20H2,1-5H3,(H,32,38)(H,33,37)(H,34,39). The number of carbonyl (C=O) groups is 3. The lowest BCUT2D eigenvalue weighted by molar-refractivity contribution is 0.0635. The highest BCUT2D eigenvalue weighted by molar-refractivity contribution is 6.30. The number of anilines is 3. The Hall–Kier alpha value is -4.08. The van der Waals surface area contributed by atoms with Gasteiger partial charge in [0.15, 0.2) is 0 Å². The van der Waals surface area contributed by atoms with Gasteiger partial charge in [0.25, 0.3) is 5.91 Å². The second-order valence-electron chi connectivity index (χ2n) is 10.5. The molecule has 212 valence electrons. The van der Waals surface area contributed by atoms with Crippen LogP contribution in [0.2, 0.25) is 5.02 Å². The van der Waals surface area contributed by atoms with Crippen LogP contribution in [0.25, 0.3) is 0 Å². The Morgan fingerprint density at radius 3 is 2.08 bits per heavy atom. The summed E-state index contributed by atoms with van der Waals surface area (Å²) in [7, 11) is 3.89. The number of likely N-dealkylation sites (N-methyl/N-ethyl adjacent to an activating group) is 1. The molecule has 9 nitrogen and oxygen atoms in total. The maximum absolute atomic E-state index is 13.1. The Kier molecular flexibility index (Phi) is 10.5. The summed E-state index contributed by atoms with van der Waals surface area (Å²) in [6.45, 7) is 6.86. The van der Waals surface area contributed by atoms with Crippen molar-refractivity contribution in [3.8, 4) is 0 Å². The van der Waals surface area contributed by atoms with Gasteiger partial charge in [-0.05, 0) is 82.9 Å². The third kappa shape index (κ3) is 9.91. The Bertz CT molecular complexity index is 1320. The molecule has 0 atom stereocenters. The van der Waals surface area contributed by atoms with Crippen LogP contribution in [0, 0.1) is 0 Å². The Morgan fingerprint density at radius 1 is 0.825 bits per heavy atom. The minimum atomic E-state index is -0.651. The summed E-state index contributed by atoms with van der Waals surface area (Å²) in [5, 5.41) is 8.95. The molecule has 0 spiro atoms. The molecule has 0 fully saturated rings. The lowest BCUT2D eigenvalue weighted by atomic mass is 10.1. The van der Waals surface area contributed by atoms with E-state index in [1.54, 1.807) is 86.3 Å². The third-order valence-electron chi connectivity index (χ3n) is 5.58. The number of hydrogen-bond donors (Lipinski definition) is 3. The molecule has 0 heterocycles. The zero-order valence-electron chi connectivity index (χ0n) is 23.5. The van der Waals surface area contributed by atoms with Gasteiger partial charge in [-0.25, -0.2) is 9.59 Å². The highest BCUT2D eigenvalue weighted by Gasteiger charge is 2.18. The van der Waals surface area contributed by atoms with E-state index in [-0.39, 0.29) is 11.9 Å². The summed E-state index contributed by atoms with van der Waals surface area (Å²) in [6.07, 6.45) is -0.614. The van der Waals surface area contributed by atoms with Crippen molar-refractivity contribution < 1.29 is 19.1 Å². The zero-order valence-corrected chi connectivity index (χ0v) is 24.2. The zero-order chi connectivity index (χ0) is 29.3. The summed E-state index contributed by atoms with van der Waals surface area (Å²) in [6, 6.07) is 20.7. The first-order valence-corrected chi connectivity index (χ1v) is 13.2. The SMILES string of the molecule is CN(C)CCN(Cc1ccc(C(=O)Nc2ccccc2NC(=O)OC(C)(C)C)cc1)C(=O)Nc1cccc(Cl)c1. The van der Waals surface area contributed by atoms with Crippen molar-refractivity contribution in [2.24, 2.45) is 0 Å². The molecular formula is C30H36ClN5O4. The smallest absolute Gasteiger partial charge is 0.412 e. The van der Waals surface area contributed by atoms with Crippen LogP contribution < -0.4 is 16.0 Å². The van der Waals surface area contributed by atoms with Crippen LogP contribution in [0.1, 0.15) is 36.7 Å². The molecule has 0 aliphatic heterocycles. The lowest BCUT2D eigenvalue weighted by Crippen LogP contribution is -2.39. The van der Waals surface area contributed by atoms with Gasteiger partial charge in [0.05, 0.1) is 11.4 Å². The predicted molar refractivity (Wildman–Crippen MR) is 160 cm³/mol. The summed E-state index contributed by atoms with van der Waals surface area (Å²) >= 11 is 6.06. The fraction of sp³-hybridized carbons (Fsp3) is 0.300. The van der Waals surface area contributed by atoms with E-state index in [4.69, 9.17) is 16.3 Å². The van der Waals surface area contributed by atoms with E-state index in [9.17, 15) is 14.4 Å². The number of halogens is 1. The number of ether oxygens (including phenoxy) is 1. The quantitative estimate of drug-likeness (QED) is 0.273. The van der Waals surface area contributed by atoms with E-state index in [1.807, 2.05) is 31.1 Å². The summed E-state index contributed by atoms with van der Waals surface area (Å²) in [4.78, 5) is 42.0. The largest absolute Gasteiger partial charge is 0.444 e. The van der Waals surface area contributed by atoms with Crippen molar-refractivity contribution in [1.82, 2.24) is 9.80 Å². The molecule has 3 aromatic carbocycles. The van der Waals surface area contributed by atoms with Crippen molar-refractivity contribution >= 4 is 46.7 Å². The number of carbonyl (C=O) groups excluding carboxylic acids is 3. The molecule has 0 aromatic heterocycles. The van der Waals surface area contributed by atoms with Gasteiger partial charge in [-0.15, -0.1) is 0 Å². The topological polar surface area (TPSA) is 103 Å². The second kappa shape index (κ2) is 13.8. The maximum Gasteiger partial charge on any atom is 0.412 e. The predicted octanol–water partition coefficient (Wildman–Crippen LogP) is 6.54. The third-order valence-corrected chi connectivity index (χ3v) is 5.82. The second-order valence-corrected chi connectivity index (χ2v) is 10.9. The van der Waals surface area contributed by atoms with Crippen LogP contribution in [0.4, 0.5) is 26.7 Å².